The van der Waals surface area contributed by atoms with E-state index in [4.69, 9.17) is 11.6 Å². The molecular weight excluding hydrogens is 262 g/mol. The molecule has 0 unspecified atom stereocenters. The van der Waals surface area contributed by atoms with Gasteiger partial charge in [-0.3, -0.25) is 20.2 Å². The molecule has 0 radical (unpaired) electrons. The summed E-state index contributed by atoms with van der Waals surface area (Å²) in [4.78, 5) is 25.5. The van der Waals surface area contributed by atoms with Crippen LogP contribution in [0.15, 0.2) is 24.5 Å². The molecule has 92 valence electrons. The fourth-order valence-corrected chi connectivity index (χ4v) is 1.49. The second-order valence-electron chi connectivity index (χ2n) is 3.24. The monoisotopic (exact) mass is 267 g/mol. The van der Waals surface area contributed by atoms with Gasteiger partial charge in [-0.1, -0.05) is 11.6 Å². The molecule has 0 spiro atoms. The summed E-state index contributed by atoms with van der Waals surface area (Å²) in [6.07, 6.45) is 1.22. The minimum absolute atomic E-state index is 0.0607. The average molecular weight is 268 g/mol. The molecule has 1 amide bonds. The van der Waals surface area contributed by atoms with E-state index in [1.165, 1.54) is 12.4 Å². The van der Waals surface area contributed by atoms with Crippen LogP contribution < -0.4 is 5.32 Å². The number of aromatic amines is 1. The maximum Gasteiger partial charge on any atom is 0.271 e. The summed E-state index contributed by atoms with van der Waals surface area (Å²) in [6.45, 7) is 0. The van der Waals surface area contributed by atoms with Crippen molar-refractivity contribution in [3.8, 4) is 0 Å². The van der Waals surface area contributed by atoms with E-state index in [-0.39, 0.29) is 22.2 Å². The van der Waals surface area contributed by atoms with Gasteiger partial charge in [-0.25, -0.2) is 5.10 Å². The van der Waals surface area contributed by atoms with Gasteiger partial charge in [-0.2, -0.15) is 10.1 Å². The van der Waals surface area contributed by atoms with E-state index in [1.54, 1.807) is 0 Å². The molecule has 1 aromatic heterocycles. The van der Waals surface area contributed by atoms with Crippen LogP contribution in [0.1, 0.15) is 10.4 Å². The molecule has 1 heterocycles. The van der Waals surface area contributed by atoms with Gasteiger partial charge in [0.1, 0.15) is 6.33 Å². The van der Waals surface area contributed by atoms with E-state index in [1.807, 2.05) is 0 Å². The Morgan fingerprint density at radius 1 is 1.44 bits per heavy atom. The lowest BCUT2D eigenvalue weighted by molar-refractivity contribution is -0.384. The zero-order chi connectivity index (χ0) is 13.1. The summed E-state index contributed by atoms with van der Waals surface area (Å²) in [7, 11) is 0. The number of non-ortho nitro benzene ring substituents is 1. The Morgan fingerprint density at radius 3 is 2.83 bits per heavy atom. The second kappa shape index (κ2) is 4.80. The third kappa shape index (κ3) is 2.61. The molecule has 1 aromatic carbocycles. The van der Waals surface area contributed by atoms with Gasteiger partial charge in [0.2, 0.25) is 5.95 Å². The van der Waals surface area contributed by atoms with Crippen molar-refractivity contribution in [2.75, 3.05) is 5.32 Å². The minimum atomic E-state index is -0.628. The number of carbonyl (C=O) groups is 1. The Morgan fingerprint density at radius 2 is 2.22 bits per heavy atom. The smallest absolute Gasteiger partial charge is 0.271 e. The Bertz CT molecular complexity index is 598. The zero-order valence-electron chi connectivity index (χ0n) is 8.75. The molecule has 0 aliphatic carbocycles. The summed E-state index contributed by atoms with van der Waals surface area (Å²) in [5.74, 6) is -0.431. The highest BCUT2D eigenvalue weighted by atomic mass is 35.5. The third-order valence-corrected chi connectivity index (χ3v) is 2.22. The standard InChI is InChI=1S/C9H6ClN5O3/c10-6-1-5(2-7(3-6)15(17)18)8(16)13-9-11-4-12-14-9/h1-4H,(H2,11,12,13,14,16). The predicted octanol–water partition coefficient (Wildman–Crippen LogP) is 1.62. The number of nitro benzene ring substituents is 1. The number of benzene rings is 1. The van der Waals surface area contributed by atoms with Crippen molar-refractivity contribution in [3.63, 3.8) is 0 Å². The number of H-pyrrole nitrogens is 1. The zero-order valence-corrected chi connectivity index (χ0v) is 9.51. The number of nitrogens with one attached hydrogen (secondary N) is 2. The topological polar surface area (TPSA) is 114 Å². The number of nitrogens with zero attached hydrogens (tertiary/aromatic N) is 3. The SMILES string of the molecule is O=C(Nc1ncn[nH]1)c1cc(Cl)cc([N+](=O)[O-])c1. The summed E-state index contributed by atoms with van der Waals surface area (Å²) in [6, 6.07) is 3.60. The van der Waals surface area contributed by atoms with Crippen LogP contribution in [-0.2, 0) is 0 Å². The second-order valence-corrected chi connectivity index (χ2v) is 3.68. The summed E-state index contributed by atoms with van der Waals surface area (Å²) in [5.41, 5.74) is -0.198. The van der Waals surface area contributed by atoms with Gasteiger partial charge in [-0.05, 0) is 6.07 Å². The Balaban J connectivity index is 2.27. The molecule has 0 fully saturated rings. The van der Waals surface area contributed by atoms with Crippen LogP contribution in [0.4, 0.5) is 11.6 Å². The molecule has 8 nitrogen and oxygen atoms in total. The summed E-state index contributed by atoms with van der Waals surface area (Å²) in [5, 5.41) is 19.1. The molecular formula is C9H6ClN5O3. The van der Waals surface area contributed by atoms with E-state index >= 15 is 0 Å². The first-order chi connectivity index (χ1) is 8.56. The highest BCUT2D eigenvalue weighted by Crippen LogP contribution is 2.21. The van der Waals surface area contributed by atoms with Crippen molar-refractivity contribution < 1.29 is 9.72 Å². The van der Waals surface area contributed by atoms with E-state index in [0.29, 0.717) is 0 Å². The number of nitro groups is 1. The molecule has 18 heavy (non-hydrogen) atoms. The van der Waals surface area contributed by atoms with Crippen molar-refractivity contribution in [1.29, 1.82) is 0 Å². The first-order valence-electron chi connectivity index (χ1n) is 4.68. The van der Waals surface area contributed by atoms with Gasteiger partial charge in [0.05, 0.1) is 4.92 Å². The fraction of sp³-hybridized carbons (Fsp3) is 0. The van der Waals surface area contributed by atoms with Gasteiger partial charge >= 0.3 is 0 Å². The van der Waals surface area contributed by atoms with Crippen LogP contribution in [0, 0.1) is 10.1 Å². The van der Waals surface area contributed by atoms with Gasteiger partial charge in [0, 0.05) is 22.7 Å². The first kappa shape index (κ1) is 12.0. The van der Waals surface area contributed by atoms with Crippen molar-refractivity contribution in [2.24, 2.45) is 0 Å². The largest absolute Gasteiger partial charge is 0.291 e. The van der Waals surface area contributed by atoms with Gasteiger partial charge < -0.3 is 0 Å². The van der Waals surface area contributed by atoms with E-state index in [0.717, 1.165) is 12.1 Å². The fourth-order valence-electron chi connectivity index (χ4n) is 1.26. The van der Waals surface area contributed by atoms with E-state index in [9.17, 15) is 14.9 Å². The number of rotatable bonds is 3. The van der Waals surface area contributed by atoms with Crippen LogP contribution in [0.25, 0.3) is 0 Å². The van der Waals surface area contributed by atoms with Crippen molar-refractivity contribution >= 4 is 29.1 Å². The molecule has 0 aliphatic rings. The maximum atomic E-state index is 11.8. The number of hydrogen-bond donors (Lipinski definition) is 2. The van der Waals surface area contributed by atoms with Crippen molar-refractivity contribution in [2.45, 2.75) is 0 Å². The van der Waals surface area contributed by atoms with Crippen LogP contribution >= 0.6 is 11.6 Å². The lowest BCUT2D eigenvalue weighted by atomic mass is 10.2. The molecule has 2 aromatic rings. The highest BCUT2D eigenvalue weighted by Gasteiger charge is 2.14. The Kier molecular flexibility index (Phi) is 3.20. The number of amides is 1. The third-order valence-electron chi connectivity index (χ3n) is 2.00. The molecule has 2 N–H and O–H groups in total. The van der Waals surface area contributed by atoms with Crippen LogP contribution in [-0.4, -0.2) is 26.0 Å². The Hall–Kier alpha value is -2.48. The van der Waals surface area contributed by atoms with Gasteiger partial charge in [0.15, 0.2) is 0 Å². The molecule has 0 saturated carbocycles. The van der Waals surface area contributed by atoms with E-state index in [2.05, 4.69) is 20.5 Å². The average Bonchev–Trinajstić information content (AvgIpc) is 2.80. The van der Waals surface area contributed by atoms with Crippen molar-refractivity contribution in [1.82, 2.24) is 15.2 Å². The van der Waals surface area contributed by atoms with Crippen LogP contribution in [0.3, 0.4) is 0 Å². The first-order valence-corrected chi connectivity index (χ1v) is 5.06. The lowest BCUT2D eigenvalue weighted by Crippen LogP contribution is -2.13. The molecule has 0 saturated heterocycles. The van der Waals surface area contributed by atoms with Crippen LogP contribution in [0.5, 0.6) is 0 Å². The molecule has 0 atom stereocenters. The number of aromatic nitrogens is 3. The number of anilines is 1. The quantitative estimate of drug-likeness (QED) is 0.648. The van der Waals surface area contributed by atoms with Crippen molar-refractivity contribution in [3.05, 3.63) is 45.2 Å². The maximum absolute atomic E-state index is 11.8. The molecule has 0 bridgehead atoms. The normalized spacial score (nSPS) is 10.1. The predicted molar refractivity (Wildman–Crippen MR) is 62.4 cm³/mol. The summed E-state index contributed by atoms with van der Waals surface area (Å²) < 4.78 is 0. The minimum Gasteiger partial charge on any atom is -0.291 e. The summed E-state index contributed by atoms with van der Waals surface area (Å²) >= 11 is 5.70. The number of hydrogen-bond acceptors (Lipinski definition) is 5. The van der Waals surface area contributed by atoms with Gasteiger partial charge in [-0.15, -0.1) is 0 Å². The van der Waals surface area contributed by atoms with Crippen LogP contribution in [0.2, 0.25) is 5.02 Å². The van der Waals surface area contributed by atoms with Gasteiger partial charge in [0.25, 0.3) is 11.6 Å². The molecule has 2 rings (SSSR count). The van der Waals surface area contributed by atoms with E-state index < -0.39 is 10.8 Å². The molecule has 9 heteroatoms. The number of carbonyl (C=O) groups excluding carboxylic acids is 1. The highest BCUT2D eigenvalue weighted by molar-refractivity contribution is 6.31. The lowest BCUT2D eigenvalue weighted by Gasteiger charge is -2.02. The number of halogens is 1. The Labute approximate surface area is 105 Å². The molecule has 0 aliphatic heterocycles.